The molecule has 1 N–H and O–H groups in total. The Balaban J connectivity index is 1.96. The zero-order valence-corrected chi connectivity index (χ0v) is 16.8. The fourth-order valence-corrected chi connectivity index (χ4v) is 3.46. The van der Waals surface area contributed by atoms with Gasteiger partial charge in [-0.1, -0.05) is 18.2 Å². The fourth-order valence-electron chi connectivity index (χ4n) is 2.31. The molecule has 0 aliphatic carbocycles. The smallest absolute Gasteiger partial charge is 0.255 e. The second-order valence-corrected chi connectivity index (χ2v) is 7.76. The van der Waals surface area contributed by atoms with Gasteiger partial charge in [0.25, 0.3) is 5.91 Å². The van der Waals surface area contributed by atoms with Crippen molar-refractivity contribution in [2.75, 3.05) is 27.3 Å². The summed E-state index contributed by atoms with van der Waals surface area (Å²) in [4.78, 5) is 12.1. The van der Waals surface area contributed by atoms with Crippen LogP contribution in [0.25, 0.3) is 0 Å². The molecule has 0 saturated heterocycles. The third-order valence-corrected chi connectivity index (χ3v) is 5.53. The standard InChI is InChI=1S/C19H23N3O5S/c1-4-27-17-11-10-15(12-18(17)26-3)13-20-21-19(23)14-22(2)28(24,25)16-8-6-5-7-9-16/h5-13H,4,14H2,1-3H3,(H,21,23)/b20-13-. The Morgan fingerprint density at radius 3 is 2.54 bits per heavy atom. The zero-order chi connectivity index (χ0) is 20.6. The van der Waals surface area contributed by atoms with Gasteiger partial charge in [0.1, 0.15) is 0 Å². The lowest BCUT2D eigenvalue weighted by Crippen LogP contribution is -2.36. The quantitative estimate of drug-likeness (QED) is 0.507. The maximum absolute atomic E-state index is 12.4. The highest BCUT2D eigenvalue weighted by molar-refractivity contribution is 7.89. The van der Waals surface area contributed by atoms with Gasteiger partial charge in [-0.25, -0.2) is 13.8 Å². The number of hydrogen-bond donors (Lipinski definition) is 1. The number of likely N-dealkylation sites (N-methyl/N-ethyl adjacent to an activating group) is 1. The van der Waals surface area contributed by atoms with E-state index in [-0.39, 0.29) is 11.4 Å². The highest BCUT2D eigenvalue weighted by Gasteiger charge is 2.22. The highest BCUT2D eigenvalue weighted by Crippen LogP contribution is 2.27. The van der Waals surface area contributed by atoms with Crippen molar-refractivity contribution in [3.8, 4) is 11.5 Å². The first kappa shape index (κ1) is 21.4. The first-order valence-electron chi connectivity index (χ1n) is 8.52. The molecule has 0 fully saturated rings. The third kappa shape index (κ3) is 5.54. The molecule has 28 heavy (non-hydrogen) atoms. The third-order valence-electron chi connectivity index (χ3n) is 3.71. The van der Waals surface area contributed by atoms with Crippen LogP contribution in [0.5, 0.6) is 11.5 Å². The predicted octanol–water partition coefficient (Wildman–Crippen LogP) is 1.86. The number of carbonyl (C=O) groups excluding carboxylic acids is 1. The molecular weight excluding hydrogens is 382 g/mol. The molecule has 0 bridgehead atoms. The molecule has 0 aromatic heterocycles. The van der Waals surface area contributed by atoms with Gasteiger partial charge in [0, 0.05) is 7.05 Å². The number of carbonyl (C=O) groups is 1. The lowest BCUT2D eigenvalue weighted by molar-refractivity contribution is -0.121. The van der Waals surface area contributed by atoms with Gasteiger partial charge in [0.15, 0.2) is 11.5 Å². The Morgan fingerprint density at radius 1 is 1.18 bits per heavy atom. The maximum Gasteiger partial charge on any atom is 0.255 e. The van der Waals surface area contributed by atoms with Crippen LogP contribution in [0.1, 0.15) is 12.5 Å². The molecular formula is C19H23N3O5S. The highest BCUT2D eigenvalue weighted by atomic mass is 32.2. The second-order valence-electron chi connectivity index (χ2n) is 5.71. The lowest BCUT2D eigenvalue weighted by Gasteiger charge is -2.15. The van der Waals surface area contributed by atoms with Crippen LogP contribution in [0, 0.1) is 0 Å². The normalized spacial score (nSPS) is 11.6. The molecule has 0 saturated carbocycles. The number of methoxy groups -OCH3 is 1. The van der Waals surface area contributed by atoms with Crippen LogP contribution in [0.15, 0.2) is 58.5 Å². The number of nitrogens with zero attached hydrogens (tertiary/aromatic N) is 2. The van der Waals surface area contributed by atoms with Gasteiger partial charge in [-0.3, -0.25) is 4.79 Å². The number of rotatable bonds is 9. The van der Waals surface area contributed by atoms with Crippen molar-refractivity contribution in [2.45, 2.75) is 11.8 Å². The SMILES string of the molecule is CCOc1ccc(/C=N\NC(=O)CN(C)S(=O)(=O)c2ccccc2)cc1OC. The molecule has 150 valence electrons. The lowest BCUT2D eigenvalue weighted by atomic mass is 10.2. The first-order valence-corrected chi connectivity index (χ1v) is 9.96. The van der Waals surface area contributed by atoms with Gasteiger partial charge in [0.05, 0.1) is 31.4 Å². The van der Waals surface area contributed by atoms with Crippen LogP contribution < -0.4 is 14.9 Å². The minimum Gasteiger partial charge on any atom is -0.493 e. The van der Waals surface area contributed by atoms with E-state index in [1.807, 2.05) is 6.92 Å². The number of ether oxygens (including phenoxy) is 2. The molecule has 0 unspecified atom stereocenters. The maximum atomic E-state index is 12.4. The first-order chi connectivity index (χ1) is 13.4. The van der Waals surface area contributed by atoms with Crippen molar-refractivity contribution in [3.05, 3.63) is 54.1 Å². The Bertz CT molecular complexity index is 930. The average Bonchev–Trinajstić information content (AvgIpc) is 2.69. The summed E-state index contributed by atoms with van der Waals surface area (Å²) in [6.45, 7) is 2.03. The van der Waals surface area contributed by atoms with Crippen molar-refractivity contribution in [1.82, 2.24) is 9.73 Å². The van der Waals surface area contributed by atoms with E-state index in [4.69, 9.17) is 9.47 Å². The van der Waals surface area contributed by atoms with Crippen molar-refractivity contribution in [3.63, 3.8) is 0 Å². The van der Waals surface area contributed by atoms with Crippen molar-refractivity contribution in [1.29, 1.82) is 0 Å². The number of amides is 1. The summed E-state index contributed by atoms with van der Waals surface area (Å²) in [6, 6.07) is 13.1. The van der Waals surface area contributed by atoms with Crippen LogP contribution in [-0.2, 0) is 14.8 Å². The molecule has 0 atom stereocenters. The summed E-state index contributed by atoms with van der Waals surface area (Å²) in [6.07, 6.45) is 1.43. The van der Waals surface area contributed by atoms with Crippen LogP contribution in [0.3, 0.4) is 0 Å². The average molecular weight is 405 g/mol. The summed E-state index contributed by atoms with van der Waals surface area (Å²) >= 11 is 0. The minimum absolute atomic E-state index is 0.121. The van der Waals surface area contributed by atoms with Crippen LogP contribution >= 0.6 is 0 Å². The summed E-state index contributed by atoms with van der Waals surface area (Å²) in [5, 5.41) is 3.86. The van der Waals surface area contributed by atoms with E-state index < -0.39 is 15.9 Å². The molecule has 0 spiro atoms. The van der Waals surface area contributed by atoms with E-state index in [1.165, 1.54) is 32.5 Å². The topological polar surface area (TPSA) is 97.3 Å². The van der Waals surface area contributed by atoms with Crippen molar-refractivity contribution < 1.29 is 22.7 Å². The number of benzene rings is 2. The Kier molecular flexibility index (Phi) is 7.53. The van der Waals surface area contributed by atoms with Crippen LogP contribution in [0.4, 0.5) is 0 Å². The van der Waals surface area contributed by atoms with Gasteiger partial charge < -0.3 is 9.47 Å². The fraction of sp³-hybridized carbons (Fsp3) is 0.263. The summed E-state index contributed by atoms with van der Waals surface area (Å²) < 4.78 is 36.5. The predicted molar refractivity (Wildman–Crippen MR) is 106 cm³/mol. The Labute approximate surface area is 164 Å². The summed E-state index contributed by atoms with van der Waals surface area (Å²) in [5.41, 5.74) is 3.00. The molecule has 0 radical (unpaired) electrons. The minimum atomic E-state index is -3.74. The van der Waals surface area contributed by atoms with Gasteiger partial charge in [-0.15, -0.1) is 0 Å². The molecule has 2 aromatic rings. The molecule has 0 aliphatic heterocycles. The summed E-state index contributed by atoms with van der Waals surface area (Å²) in [7, 11) is -0.873. The Hall–Kier alpha value is -2.91. The van der Waals surface area contributed by atoms with Gasteiger partial charge in [-0.05, 0) is 42.8 Å². The number of hydrazone groups is 1. The van der Waals surface area contributed by atoms with Gasteiger partial charge in [0.2, 0.25) is 10.0 Å². The molecule has 2 aromatic carbocycles. The van der Waals surface area contributed by atoms with Gasteiger partial charge >= 0.3 is 0 Å². The number of sulfonamides is 1. The van der Waals surface area contributed by atoms with E-state index in [1.54, 1.807) is 36.4 Å². The Morgan fingerprint density at radius 2 is 1.89 bits per heavy atom. The van der Waals surface area contributed by atoms with Crippen LogP contribution in [-0.4, -0.2) is 52.2 Å². The van der Waals surface area contributed by atoms with E-state index in [0.29, 0.717) is 23.7 Å². The molecule has 0 aliphatic rings. The van der Waals surface area contributed by atoms with E-state index in [9.17, 15) is 13.2 Å². The largest absolute Gasteiger partial charge is 0.493 e. The van der Waals surface area contributed by atoms with Crippen molar-refractivity contribution >= 4 is 22.1 Å². The van der Waals surface area contributed by atoms with E-state index >= 15 is 0 Å². The molecule has 0 heterocycles. The molecule has 9 heteroatoms. The molecule has 8 nitrogen and oxygen atoms in total. The van der Waals surface area contributed by atoms with E-state index in [2.05, 4.69) is 10.5 Å². The molecule has 1 amide bonds. The van der Waals surface area contributed by atoms with Gasteiger partial charge in [-0.2, -0.15) is 9.41 Å². The van der Waals surface area contributed by atoms with Crippen LogP contribution in [0.2, 0.25) is 0 Å². The van der Waals surface area contributed by atoms with Crippen molar-refractivity contribution in [2.24, 2.45) is 5.10 Å². The number of hydrogen-bond acceptors (Lipinski definition) is 6. The number of nitrogens with one attached hydrogen (secondary N) is 1. The summed E-state index contributed by atoms with van der Waals surface area (Å²) in [5.74, 6) is 0.598. The molecule has 2 rings (SSSR count). The zero-order valence-electron chi connectivity index (χ0n) is 16.0. The second kappa shape index (κ2) is 9.86. The monoisotopic (exact) mass is 405 g/mol. The van der Waals surface area contributed by atoms with E-state index in [0.717, 1.165) is 4.31 Å².